The van der Waals surface area contributed by atoms with Crippen LogP contribution in [0.2, 0.25) is 0 Å². The third-order valence-electron chi connectivity index (χ3n) is 4.45. The zero-order valence-electron chi connectivity index (χ0n) is 13.0. The maximum atomic E-state index is 5.22. The molecule has 110 valence electrons. The lowest BCUT2D eigenvalue weighted by atomic mass is 10.0. The van der Waals surface area contributed by atoms with Crippen molar-refractivity contribution in [3.63, 3.8) is 0 Å². The maximum absolute atomic E-state index is 5.22. The van der Waals surface area contributed by atoms with Gasteiger partial charge in [-0.3, -0.25) is 0 Å². The molecule has 0 saturated carbocycles. The Hall–Kier alpha value is -1.80. The van der Waals surface area contributed by atoms with Gasteiger partial charge in [-0.15, -0.1) is 0 Å². The minimum absolute atomic E-state index is 0.340. The van der Waals surface area contributed by atoms with Crippen molar-refractivity contribution in [2.24, 2.45) is 0 Å². The molecular weight excluding hydrogens is 258 g/mol. The fraction of sp³-hybridized carbons (Fsp3) is 0.368. The maximum Gasteiger partial charge on any atom is 0.118 e. The second kappa shape index (κ2) is 5.90. The van der Waals surface area contributed by atoms with Crippen LogP contribution >= 0.6 is 0 Å². The lowest BCUT2D eigenvalue weighted by Crippen LogP contribution is -2.23. The molecule has 2 aromatic rings. The second-order valence-electron chi connectivity index (χ2n) is 5.96. The molecule has 0 heterocycles. The number of hydrogen-bond acceptors (Lipinski definition) is 2. The minimum atomic E-state index is 0.340. The molecule has 1 unspecified atom stereocenters. The summed E-state index contributed by atoms with van der Waals surface area (Å²) in [7, 11) is 1.70. The van der Waals surface area contributed by atoms with Crippen LogP contribution in [0.4, 0.5) is 0 Å². The van der Waals surface area contributed by atoms with Gasteiger partial charge in [-0.25, -0.2) is 0 Å². The van der Waals surface area contributed by atoms with Crippen LogP contribution in [0.5, 0.6) is 5.75 Å². The average Bonchev–Trinajstić information content (AvgIpc) is 2.89. The van der Waals surface area contributed by atoms with Gasteiger partial charge in [0, 0.05) is 12.1 Å². The number of fused-ring (bicyclic) bond motifs is 1. The van der Waals surface area contributed by atoms with Crippen molar-refractivity contribution in [3.05, 3.63) is 64.7 Å². The third kappa shape index (κ3) is 2.96. The summed E-state index contributed by atoms with van der Waals surface area (Å²) in [5, 5.41) is 3.78. The van der Waals surface area contributed by atoms with Crippen LogP contribution in [0.15, 0.2) is 42.5 Å². The first-order valence-electron chi connectivity index (χ1n) is 7.67. The van der Waals surface area contributed by atoms with E-state index < -0.39 is 0 Å². The van der Waals surface area contributed by atoms with E-state index in [0.29, 0.717) is 12.1 Å². The van der Waals surface area contributed by atoms with E-state index in [1.165, 1.54) is 35.1 Å². The fourth-order valence-electron chi connectivity index (χ4n) is 3.19. The molecule has 0 saturated heterocycles. The smallest absolute Gasteiger partial charge is 0.118 e. The third-order valence-corrected chi connectivity index (χ3v) is 4.45. The predicted octanol–water partition coefficient (Wildman–Crippen LogP) is 4.34. The Morgan fingerprint density at radius 3 is 2.62 bits per heavy atom. The number of benzene rings is 2. The number of ether oxygens (including phenoxy) is 1. The number of rotatable bonds is 4. The van der Waals surface area contributed by atoms with Gasteiger partial charge in [0.25, 0.3) is 0 Å². The largest absolute Gasteiger partial charge is 0.497 e. The zero-order chi connectivity index (χ0) is 14.8. The normalized spacial score (nSPS) is 18.3. The molecule has 0 amide bonds. The van der Waals surface area contributed by atoms with Gasteiger partial charge in [0.2, 0.25) is 0 Å². The summed E-state index contributed by atoms with van der Waals surface area (Å²) in [5.74, 6) is 0.910. The minimum Gasteiger partial charge on any atom is -0.497 e. The molecular formula is C19H23NO. The molecule has 1 aliphatic rings. The van der Waals surface area contributed by atoms with Crippen molar-refractivity contribution in [2.75, 3.05) is 7.11 Å². The van der Waals surface area contributed by atoms with Crippen molar-refractivity contribution in [2.45, 2.75) is 38.8 Å². The molecule has 1 N–H and O–H groups in total. The molecule has 2 heteroatoms. The van der Waals surface area contributed by atoms with Gasteiger partial charge in [-0.1, -0.05) is 35.9 Å². The first kappa shape index (κ1) is 14.2. The molecule has 2 aromatic carbocycles. The van der Waals surface area contributed by atoms with Gasteiger partial charge in [0.1, 0.15) is 5.75 Å². The number of hydrogen-bond donors (Lipinski definition) is 1. The van der Waals surface area contributed by atoms with Gasteiger partial charge < -0.3 is 10.1 Å². The summed E-state index contributed by atoms with van der Waals surface area (Å²) in [4.78, 5) is 0. The van der Waals surface area contributed by atoms with Crippen LogP contribution in [0, 0.1) is 6.92 Å². The standard InChI is InChI=1S/C19H23NO/c1-13-4-5-16-8-11-19(18(16)12-13)20-14(2)15-6-9-17(21-3)10-7-15/h4-7,9-10,12,14,19-20H,8,11H2,1-3H3/t14-,19?/m0/s1. The van der Waals surface area contributed by atoms with Crippen LogP contribution < -0.4 is 10.1 Å². The Kier molecular flexibility index (Phi) is 3.98. The summed E-state index contributed by atoms with van der Waals surface area (Å²) in [6.07, 6.45) is 2.38. The van der Waals surface area contributed by atoms with Crippen LogP contribution in [-0.2, 0) is 6.42 Å². The van der Waals surface area contributed by atoms with Crippen molar-refractivity contribution >= 4 is 0 Å². The molecule has 1 aliphatic carbocycles. The van der Waals surface area contributed by atoms with Crippen LogP contribution in [0.1, 0.15) is 47.7 Å². The van der Waals surface area contributed by atoms with Gasteiger partial charge in [-0.2, -0.15) is 0 Å². The number of methoxy groups -OCH3 is 1. The lowest BCUT2D eigenvalue weighted by molar-refractivity contribution is 0.414. The second-order valence-corrected chi connectivity index (χ2v) is 5.96. The molecule has 0 aliphatic heterocycles. The van der Waals surface area contributed by atoms with E-state index in [0.717, 1.165) is 5.75 Å². The van der Waals surface area contributed by atoms with E-state index in [4.69, 9.17) is 4.74 Å². The van der Waals surface area contributed by atoms with E-state index >= 15 is 0 Å². The van der Waals surface area contributed by atoms with Crippen molar-refractivity contribution in [3.8, 4) is 5.75 Å². The average molecular weight is 281 g/mol. The van der Waals surface area contributed by atoms with Gasteiger partial charge in [0.15, 0.2) is 0 Å². The van der Waals surface area contributed by atoms with E-state index in [9.17, 15) is 0 Å². The van der Waals surface area contributed by atoms with Crippen LogP contribution in [-0.4, -0.2) is 7.11 Å². The zero-order valence-corrected chi connectivity index (χ0v) is 13.0. The summed E-state index contributed by atoms with van der Waals surface area (Å²) < 4.78 is 5.22. The van der Waals surface area contributed by atoms with Gasteiger partial charge in [0.05, 0.1) is 7.11 Å². The molecule has 0 fully saturated rings. The first-order valence-corrected chi connectivity index (χ1v) is 7.67. The molecule has 0 radical (unpaired) electrons. The SMILES string of the molecule is COc1ccc([C@H](C)NC2CCc3ccc(C)cc32)cc1. The Morgan fingerprint density at radius 2 is 1.90 bits per heavy atom. The van der Waals surface area contributed by atoms with E-state index in [2.05, 4.69) is 49.5 Å². The predicted molar refractivity (Wildman–Crippen MR) is 86.8 cm³/mol. The molecule has 0 spiro atoms. The fourth-order valence-corrected chi connectivity index (χ4v) is 3.19. The quantitative estimate of drug-likeness (QED) is 0.900. The number of aryl methyl sites for hydroxylation is 2. The molecule has 21 heavy (non-hydrogen) atoms. The van der Waals surface area contributed by atoms with Crippen molar-refractivity contribution in [1.29, 1.82) is 0 Å². The number of nitrogens with one attached hydrogen (secondary N) is 1. The van der Waals surface area contributed by atoms with E-state index in [-0.39, 0.29) is 0 Å². The topological polar surface area (TPSA) is 21.3 Å². The Morgan fingerprint density at radius 1 is 1.14 bits per heavy atom. The highest BCUT2D eigenvalue weighted by atomic mass is 16.5. The van der Waals surface area contributed by atoms with E-state index in [1.54, 1.807) is 7.11 Å². The highest BCUT2D eigenvalue weighted by Crippen LogP contribution is 2.33. The Labute approximate surface area is 127 Å². The first-order chi connectivity index (χ1) is 10.2. The van der Waals surface area contributed by atoms with Gasteiger partial charge in [-0.05, 0) is 55.5 Å². The summed E-state index contributed by atoms with van der Waals surface area (Å²) >= 11 is 0. The van der Waals surface area contributed by atoms with Crippen molar-refractivity contribution in [1.82, 2.24) is 5.32 Å². The molecule has 3 rings (SSSR count). The Balaban J connectivity index is 1.74. The molecule has 0 aromatic heterocycles. The lowest BCUT2D eigenvalue weighted by Gasteiger charge is -2.21. The summed E-state index contributed by atoms with van der Waals surface area (Å²) in [5.41, 5.74) is 5.63. The monoisotopic (exact) mass is 281 g/mol. The van der Waals surface area contributed by atoms with Crippen LogP contribution in [0.25, 0.3) is 0 Å². The van der Waals surface area contributed by atoms with Crippen LogP contribution in [0.3, 0.4) is 0 Å². The highest BCUT2D eigenvalue weighted by Gasteiger charge is 2.23. The molecule has 2 nitrogen and oxygen atoms in total. The van der Waals surface area contributed by atoms with Gasteiger partial charge >= 0.3 is 0 Å². The molecule has 0 bridgehead atoms. The summed E-state index contributed by atoms with van der Waals surface area (Å²) in [6.45, 7) is 4.40. The molecule has 2 atom stereocenters. The Bertz CT molecular complexity index is 618. The van der Waals surface area contributed by atoms with E-state index in [1.807, 2.05) is 12.1 Å². The highest BCUT2D eigenvalue weighted by molar-refractivity contribution is 5.38. The summed E-state index contributed by atoms with van der Waals surface area (Å²) in [6, 6.07) is 16.0. The van der Waals surface area contributed by atoms with Crippen molar-refractivity contribution < 1.29 is 4.74 Å².